The third kappa shape index (κ3) is 2.67. The highest BCUT2D eigenvalue weighted by atomic mass is 16.3. The van der Waals surface area contributed by atoms with Crippen molar-refractivity contribution in [2.75, 3.05) is 36.8 Å². The highest BCUT2D eigenvalue weighted by Crippen LogP contribution is 2.18. The van der Waals surface area contributed by atoms with Gasteiger partial charge in [0.05, 0.1) is 17.6 Å². The molecule has 0 aromatic carbocycles. The van der Waals surface area contributed by atoms with Crippen molar-refractivity contribution >= 4 is 17.4 Å². The molecule has 7 heteroatoms. The summed E-state index contributed by atoms with van der Waals surface area (Å²) in [6.45, 7) is 4.56. The lowest BCUT2D eigenvalue weighted by atomic mass is 10.2. The minimum atomic E-state index is -0.0971. The van der Waals surface area contributed by atoms with E-state index in [-0.39, 0.29) is 5.91 Å². The second kappa shape index (κ2) is 5.43. The van der Waals surface area contributed by atoms with E-state index in [0.29, 0.717) is 30.4 Å². The molecular weight excluding hydrogens is 270 g/mol. The maximum Gasteiger partial charge on any atom is 0.291 e. The van der Waals surface area contributed by atoms with Crippen LogP contribution in [-0.2, 0) is 0 Å². The summed E-state index contributed by atoms with van der Waals surface area (Å²) in [7, 11) is 0. The van der Waals surface area contributed by atoms with Crippen LogP contribution in [0.25, 0.3) is 0 Å². The normalized spacial score (nSPS) is 15.3. The van der Waals surface area contributed by atoms with Gasteiger partial charge in [0, 0.05) is 26.2 Å². The molecule has 1 saturated heterocycles. The Hall–Kier alpha value is -2.57. The Labute approximate surface area is 122 Å². The highest BCUT2D eigenvalue weighted by Gasteiger charge is 2.25. The Morgan fingerprint density at radius 1 is 1.24 bits per heavy atom. The van der Waals surface area contributed by atoms with Crippen LogP contribution < -0.4 is 10.6 Å². The highest BCUT2D eigenvalue weighted by molar-refractivity contribution is 5.92. The largest absolute Gasteiger partial charge is 0.438 e. The van der Waals surface area contributed by atoms with Gasteiger partial charge in [-0.25, -0.2) is 9.97 Å². The van der Waals surface area contributed by atoms with Gasteiger partial charge >= 0.3 is 0 Å². The standard InChI is InChI=1S/C14H17N5O2/c1-10-13(21-9-17-10)14(20)19-6-4-18(5-7-19)11-2-3-12(15)16-8-11/h2-3,8-9H,4-7H2,1H3,(H2,15,16). The molecule has 1 aliphatic heterocycles. The molecule has 1 fully saturated rings. The van der Waals surface area contributed by atoms with E-state index in [1.54, 1.807) is 24.1 Å². The predicted octanol–water partition coefficient (Wildman–Crippen LogP) is 0.923. The van der Waals surface area contributed by atoms with E-state index in [0.717, 1.165) is 18.8 Å². The van der Waals surface area contributed by atoms with Crippen LogP contribution in [0.3, 0.4) is 0 Å². The Morgan fingerprint density at radius 3 is 2.57 bits per heavy atom. The number of nitrogens with zero attached hydrogens (tertiary/aromatic N) is 4. The Balaban J connectivity index is 1.64. The van der Waals surface area contributed by atoms with Crippen molar-refractivity contribution in [3.8, 4) is 0 Å². The van der Waals surface area contributed by atoms with E-state index in [1.807, 2.05) is 6.07 Å². The number of aromatic nitrogens is 2. The van der Waals surface area contributed by atoms with Crippen LogP contribution in [-0.4, -0.2) is 47.0 Å². The lowest BCUT2D eigenvalue weighted by Crippen LogP contribution is -2.48. The molecule has 0 saturated carbocycles. The number of pyridine rings is 1. The van der Waals surface area contributed by atoms with Gasteiger partial charge in [0.25, 0.3) is 5.91 Å². The van der Waals surface area contributed by atoms with Gasteiger partial charge in [0.15, 0.2) is 6.39 Å². The summed E-state index contributed by atoms with van der Waals surface area (Å²) in [5, 5.41) is 0. The topological polar surface area (TPSA) is 88.5 Å². The molecule has 2 aromatic heterocycles. The van der Waals surface area contributed by atoms with E-state index in [1.165, 1.54) is 6.39 Å². The SMILES string of the molecule is Cc1ncoc1C(=O)N1CCN(c2ccc(N)nc2)CC1. The molecule has 1 amide bonds. The predicted molar refractivity (Wildman–Crippen MR) is 78.0 cm³/mol. The molecule has 2 aromatic rings. The number of nitrogen functional groups attached to an aromatic ring is 1. The minimum absolute atomic E-state index is 0.0971. The number of carbonyl (C=O) groups is 1. The second-order valence-electron chi connectivity index (χ2n) is 4.99. The maximum atomic E-state index is 12.3. The monoisotopic (exact) mass is 287 g/mol. The average Bonchev–Trinajstić information content (AvgIpc) is 2.94. The number of carbonyl (C=O) groups excluding carboxylic acids is 1. The van der Waals surface area contributed by atoms with Crippen molar-refractivity contribution in [2.24, 2.45) is 0 Å². The molecule has 21 heavy (non-hydrogen) atoms. The van der Waals surface area contributed by atoms with Gasteiger partial charge in [-0.2, -0.15) is 0 Å². The Bertz CT molecular complexity index is 629. The van der Waals surface area contributed by atoms with Crippen molar-refractivity contribution in [2.45, 2.75) is 6.92 Å². The number of piperazine rings is 1. The summed E-state index contributed by atoms with van der Waals surface area (Å²) in [5.74, 6) is 0.742. The lowest BCUT2D eigenvalue weighted by Gasteiger charge is -2.35. The molecule has 0 aliphatic carbocycles. The van der Waals surface area contributed by atoms with Crippen molar-refractivity contribution in [1.82, 2.24) is 14.9 Å². The zero-order chi connectivity index (χ0) is 14.8. The first-order chi connectivity index (χ1) is 10.1. The van der Waals surface area contributed by atoms with Crippen molar-refractivity contribution in [3.05, 3.63) is 36.2 Å². The summed E-state index contributed by atoms with van der Waals surface area (Å²) in [6, 6.07) is 3.73. The van der Waals surface area contributed by atoms with E-state index in [9.17, 15) is 4.79 Å². The van der Waals surface area contributed by atoms with E-state index in [2.05, 4.69) is 14.9 Å². The molecule has 7 nitrogen and oxygen atoms in total. The van der Waals surface area contributed by atoms with Crippen LogP contribution in [0.5, 0.6) is 0 Å². The Kier molecular flexibility index (Phi) is 3.47. The van der Waals surface area contributed by atoms with E-state index >= 15 is 0 Å². The first-order valence-electron chi connectivity index (χ1n) is 6.81. The molecule has 0 bridgehead atoms. The van der Waals surface area contributed by atoms with Gasteiger partial charge < -0.3 is 20.0 Å². The van der Waals surface area contributed by atoms with Crippen LogP contribution in [0.4, 0.5) is 11.5 Å². The maximum absolute atomic E-state index is 12.3. The van der Waals surface area contributed by atoms with Crippen molar-refractivity contribution in [1.29, 1.82) is 0 Å². The summed E-state index contributed by atoms with van der Waals surface area (Å²) in [6.07, 6.45) is 3.06. The average molecular weight is 287 g/mol. The first kappa shape index (κ1) is 13.4. The zero-order valence-corrected chi connectivity index (χ0v) is 11.8. The van der Waals surface area contributed by atoms with Crippen LogP contribution >= 0.6 is 0 Å². The first-order valence-corrected chi connectivity index (χ1v) is 6.81. The van der Waals surface area contributed by atoms with Crippen molar-refractivity contribution < 1.29 is 9.21 Å². The molecule has 0 radical (unpaired) electrons. The van der Waals surface area contributed by atoms with Gasteiger partial charge in [0.1, 0.15) is 5.82 Å². The smallest absolute Gasteiger partial charge is 0.291 e. The van der Waals surface area contributed by atoms with Crippen LogP contribution in [0.15, 0.2) is 29.1 Å². The van der Waals surface area contributed by atoms with Gasteiger partial charge in [-0.3, -0.25) is 4.79 Å². The number of oxazole rings is 1. The van der Waals surface area contributed by atoms with Crippen molar-refractivity contribution in [3.63, 3.8) is 0 Å². The summed E-state index contributed by atoms with van der Waals surface area (Å²) < 4.78 is 5.16. The lowest BCUT2D eigenvalue weighted by molar-refractivity contribution is 0.0713. The molecule has 1 aliphatic rings. The quantitative estimate of drug-likeness (QED) is 0.883. The molecule has 0 spiro atoms. The number of hydrogen-bond donors (Lipinski definition) is 1. The molecular formula is C14H17N5O2. The fourth-order valence-corrected chi connectivity index (χ4v) is 2.40. The number of anilines is 2. The Morgan fingerprint density at radius 2 is 2.00 bits per heavy atom. The third-order valence-corrected chi connectivity index (χ3v) is 3.64. The molecule has 3 heterocycles. The van der Waals surface area contributed by atoms with Crippen LogP contribution in [0.1, 0.15) is 16.2 Å². The van der Waals surface area contributed by atoms with Crippen LogP contribution in [0, 0.1) is 6.92 Å². The fraction of sp³-hybridized carbons (Fsp3) is 0.357. The third-order valence-electron chi connectivity index (χ3n) is 3.64. The van der Waals surface area contributed by atoms with Gasteiger partial charge in [-0.1, -0.05) is 0 Å². The molecule has 0 atom stereocenters. The molecule has 3 rings (SSSR count). The van der Waals surface area contributed by atoms with Crippen LogP contribution in [0.2, 0.25) is 0 Å². The molecule has 0 unspecified atom stereocenters. The minimum Gasteiger partial charge on any atom is -0.438 e. The summed E-state index contributed by atoms with van der Waals surface area (Å²) in [4.78, 5) is 24.3. The zero-order valence-electron chi connectivity index (χ0n) is 11.8. The van der Waals surface area contributed by atoms with Gasteiger partial charge in [0.2, 0.25) is 5.76 Å². The molecule has 2 N–H and O–H groups in total. The number of amides is 1. The number of hydrogen-bond acceptors (Lipinski definition) is 6. The van der Waals surface area contributed by atoms with E-state index in [4.69, 9.17) is 10.2 Å². The number of aryl methyl sites for hydroxylation is 1. The van der Waals surface area contributed by atoms with E-state index < -0.39 is 0 Å². The summed E-state index contributed by atoms with van der Waals surface area (Å²) >= 11 is 0. The number of nitrogens with two attached hydrogens (primary N) is 1. The number of rotatable bonds is 2. The summed E-state index contributed by atoms with van der Waals surface area (Å²) in [5.41, 5.74) is 7.24. The van der Waals surface area contributed by atoms with Gasteiger partial charge in [-0.05, 0) is 19.1 Å². The second-order valence-corrected chi connectivity index (χ2v) is 4.99. The fourth-order valence-electron chi connectivity index (χ4n) is 2.40. The van der Waals surface area contributed by atoms with Gasteiger partial charge in [-0.15, -0.1) is 0 Å². The molecule has 110 valence electrons.